The Morgan fingerprint density at radius 3 is 2.95 bits per heavy atom. The Labute approximate surface area is 127 Å². The van der Waals surface area contributed by atoms with Crippen molar-refractivity contribution < 1.29 is 14.3 Å². The first-order valence-corrected chi connectivity index (χ1v) is 7.70. The molecule has 1 amide bonds. The van der Waals surface area contributed by atoms with Crippen LogP contribution in [0.1, 0.15) is 18.4 Å². The number of carbonyl (C=O) groups is 2. The number of benzene rings is 1. The summed E-state index contributed by atoms with van der Waals surface area (Å²) < 4.78 is 5.36. The maximum atomic E-state index is 12.6. The highest BCUT2D eigenvalue weighted by Gasteiger charge is 2.63. The first kappa shape index (κ1) is 13.1. The number of hydrogen-bond acceptors (Lipinski definition) is 3. The van der Waals surface area contributed by atoms with Crippen LogP contribution in [0.15, 0.2) is 18.2 Å². The van der Waals surface area contributed by atoms with Crippen LogP contribution in [0.25, 0.3) is 0 Å². The van der Waals surface area contributed by atoms with E-state index in [1.165, 1.54) is 0 Å². The zero-order valence-corrected chi connectivity index (χ0v) is 12.4. The number of nitrogens with one attached hydrogen (secondary N) is 1. The molecular weight excluding hydrogens is 290 g/mol. The van der Waals surface area contributed by atoms with E-state index in [-0.39, 0.29) is 41.7 Å². The summed E-state index contributed by atoms with van der Waals surface area (Å²) in [7, 11) is 0. The number of carbonyl (C=O) groups excluding carboxylic acids is 2. The summed E-state index contributed by atoms with van der Waals surface area (Å²) in [5.74, 6) is -0.231. The highest BCUT2D eigenvalue weighted by Crippen LogP contribution is 2.57. The van der Waals surface area contributed by atoms with Crippen LogP contribution < -0.4 is 5.32 Å². The summed E-state index contributed by atoms with van der Waals surface area (Å²) in [6.07, 6.45) is 1.83. The van der Waals surface area contributed by atoms with Crippen LogP contribution in [-0.2, 0) is 14.3 Å². The molecule has 1 aliphatic heterocycles. The Morgan fingerprint density at radius 2 is 2.19 bits per heavy atom. The van der Waals surface area contributed by atoms with Gasteiger partial charge in [0.15, 0.2) is 0 Å². The van der Waals surface area contributed by atoms with Gasteiger partial charge >= 0.3 is 5.97 Å². The zero-order valence-electron chi connectivity index (χ0n) is 11.6. The topological polar surface area (TPSA) is 55.4 Å². The van der Waals surface area contributed by atoms with Crippen molar-refractivity contribution in [2.75, 3.05) is 5.32 Å². The fourth-order valence-electron chi connectivity index (χ4n) is 4.26. The van der Waals surface area contributed by atoms with Gasteiger partial charge < -0.3 is 10.1 Å². The van der Waals surface area contributed by atoms with Crippen molar-refractivity contribution in [3.05, 3.63) is 28.8 Å². The van der Waals surface area contributed by atoms with Crippen molar-refractivity contribution in [3.63, 3.8) is 0 Å². The van der Waals surface area contributed by atoms with Crippen LogP contribution in [0.2, 0.25) is 5.02 Å². The molecule has 0 spiro atoms. The first-order valence-electron chi connectivity index (χ1n) is 7.32. The maximum absolute atomic E-state index is 12.6. The van der Waals surface area contributed by atoms with Crippen LogP contribution in [-0.4, -0.2) is 18.0 Å². The molecule has 110 valence electrons. The number of halogens is 1. The molecule has 0 unspecified atom stereocenters. The minimum absolute atomic E-state index is 0.0605. The van der Waals surface area contributed by atoms with Gasteiger partial charge in [-0.15, -0.1) is 0 Å². The van der Waals surface area contributed by atoms with Crippen molar-refractivity contribution >= 4 is 29.2 Å². The van der Waals surface area contributed by atoms with Crippen molar-refractivity contribution in [2.45, 2.75) is 25.9 Å². The Kier molecular flexibility index (Phi) is 2.80. The van der Waals surface area contributed by atoms with Gasteiger partial charge in [-0.3, -0.25) is 9.59 Å². The summed E-state index contributed by atoms with van der Waals surface area (Å²) in [6, 6.07) is 5.46. The van der Waals surface area contributed by atoms with Crippen LogP contribution in [0.5, 0.6) is 0 Å². The molecular formula is C16H16ClNO3. The standard InChI is InChI=1S/C16H16ClNO3/c1-7-2-3-9(6-11(7)17)18-15(19)13-8-4-10-12(5-8)21-16(20)14(10)13/h2-3,6,8,10,12-14H,4-5H2,1H3,(H,18,19)/t8-,10-,12+,13+,14-/m0/s1. The molecule has 5 atom stereocenters. The number of hydrogen-bond donors (Lipinski definition) is 1. The lowest BCUT2D eigenvalue weighted by atomic mass is 9.79. The lowest BCUT2D eigenvalue weighted by Gasteiger charge is -2.23. The molecule has 4 rings (SSSR count). The quantitative estimate of drug-likeness (QED) is 0.855. The molecule has 3 fully saturated rings. The molecule has 1 N–H and O–H groups in total. The predicted molar refractivity (Wildman–Crippen MR) is 77.9 cm³/mol. The fourth-order valence-corrected chi connectivity index (χ4v) is 4.44. The molecule has 1 heterocycles. The number of anilines is 1. The molecule has 1 saturated heterocycles. The van der Waals surface area contributed by atoms with Gasteiger partial charge in [0.2, 0.25) is 5.91 Å². The molecule has 2 aliphatic carbocycles. The van der Waals surface area contributed by atoms with Crippen LogP contribution >= 0.6 is 11.6 Å². The maximum Gasteiger partial charge on any atom is 0.310 e. The molecule has 2 bridgehead atoms. The summed E-state index contributed by atoms with van der Waals surface area (Å²) in [6.45, 7) is 1.92. The lowest BCUT2D eigenvalue weighted by molar-refractivity contribution is -0.145. The molecule has 1 aromatic rings. The summed E-state index contributed by atoms with van der Waals surface area (Å²) in [5, 5.41) is 3.53. The van der Waals surface area contributed by atoms with E-state index in [2.05, 4.69) is 5.32 Å². The second-order valence-electron chi connectivity index (χ2n) is 6.38. The summed E-state index contributed by atoms with van der Waals surface area (Å²) >= 11 is 6.08. The van der Waals surface area contributed by atoms with Gasteiger partial charge in [0.05, 0.1) is 11.8 Å². The minimum Gasteiger partial charge on any atom is -0.462 e. The van der Waals surface area contributed by atoms with Crippen molar-refractivity contribution in [3.8, 4) is 0 Å². The van der Waals surface area contributed by atoms with Gasteiger partial charge in [0.1, 0.15) is 6.10 Å². The number of aryl methyl sites for hydroxylation is 1. The molecule has 5 heteroatoms. The minimum atomic E-state index is -0.249. The van der Waals surface area contributed by atoms with Crippen LogP contribution in [0.4, 0.5) is 5.69 Å². The molecule has 21 heavy (non-hydrogen) atoms. The Balaban J connectivity index is 1.55. The number of amides is 1. The van der Waals surface area contributed by atoms with Gasteiger partial charge in [-0.05, 0) is 43.4 Å². The predicted octanol–water partition coefficient (Wildman–Crippen LogP) is 2.78. The smallest absolute Gasteiger partial charge is 0.310 e. The fraction of sp³-hybridized carbons (Fsp3) is 0.500. The largest absolute Gasteiger partial charge is 0.462 e. The Bertz CT molecular complexity index is 642. The number of ether oxygens (including phenoxy) is 1. The lowest BCUT2D eigenvalue weighted by Crippen LogP contribution is -2.35. The summed E-state index contributed by atoms with van der Waals surface area (Å²) in [4.78, 5) is 24.5. The molecule has 1 aromatic carbocycles. The van der Waals surface area contributed by atoms with E-state index in [1.807, 2.05) is 19.1 Å². The van der Waals surface area contributed by atoms with Crippen molar-refractivity contribution in [2.24, 2.45) is 23.7 Å². The van der Waals surface area contributed by atoms with Gasteiger partial charge in [0, 0.05) is 16.6 Å². The van der Waals surface area contributed by atoms with Gasteiger partial charge in [-0.1, -0.05) is 17.7 Å². The third-order valence-corrected chi connectivity index (χ3v) is 5.63. The van der Waals surface area contributed by atoms with Gasteiger partial charge in [-0.25, -0.2) is 0 Å². The number of esters is 1. The average Bonchev–Trinajstić information content (AvgIpc) is 3.04. The van der Waals surface area contributed by atoms with Crippen LogP contribution in [0, 0.1) is 30.6 Å². The van der Waals surface area contributed by atoms with Crippen LogP contribution in [0.3, 0.4) is 0 Å². The van der Waals surface area contributed by atoms with Gasteiger partial charge in [0.25, 0.3) is 0 Å². The molecule has 2 saturated carbocycles. The molecule has 3 aliphatic rings. The third kappa shape index (κ3) is 1.89. The molecule has 4 nitrogen and oxygen atoms in total. The first-order chi connectivity index (χ1) is 10.0. The van der Waals surface area contributed by atoms with Gasteiger partial charge in [-0.2, -0.15) is 0 Å². The number of rotatable bonds is 2. The van der Waals surface area contributed by atoms with E-state index >= 15 is 0 Å². The highest BCUT2D eigenvalue weighted by molar-refractivity contribution is 6.31. The van der Waals surface area contributed by atoms with E-state index in [0.717, 1.165) is 18.4 Å². The second-order valence-corrected chi connectivity index (χ2v) is 6.78. The Hall–Kier alpha value is -1.55. The second kappa shape index (κ2) is 4.47. The normalized spacial score (nSPS) is 35.9. The van der Waals surface area contributed by atoms with Crippen molar-refractivity contribution in [1.29, 1.82) is 0 Å². The average molecular weight is 306 g/mol. The van der Waals surface area contributed by atoms with E-state index in [1.54, 1.807) is 6.07 Å². The Morgan fingerprint density at radius 1 is 1.38 bits per heavy atom. The SMILES string of the molecule is Cc1ccc(NC(=O)[C@@H]2[C@H]3C[C@@H]4[C@@H]2C(=O)O[C@@H]4C3)cc1Cl. The summed E-state index contributed by atoms with van der Waals surface area (Å²) in [5.41, 5.74) is 1.65. The van der Waals surface area contributed by atoms with E-state index < -0.39 is 0 Å². The van der Waals surface area contributed by atoms with E-state index in [0.29, 0.717) is 10.7 Å². The highest BCUT2D eigenvalue weighted by atomic mass is 35.5. The van der Waals surface area contributed by atoms with E-state index in [9.17, 15) is 9.59 Å². The van der Waals surface area contributed by atoms with E-state index in [4.69, 9.17) is 16.3 Å². The third-order valence-electron chi connectivity index (χ3n) is 5.23. The van der Waals surface area contributed by atoms with Crippen molar-refractivity contribution in [1.82, 2.24) is 0 Å². The monoisotopic (exact) mass is 305 g/mol. The number of fused-ring (bicyclic) bond motifs is 1. The molecule has 0 radical (unpaired) electrons. The zero-order chi connectivity index (χ0) is 14.7. The molecule has 0 aromatic heterocycles.